The Morgan fingerprint density at radius 1 is 1.53 bits per heavy atom. The second kappa shape index (κ2) is 5.51. The number of hydrogen-bond donors (Lipinski definition) is 1. The summed E-state index contributed by atoms with van der Waals surface area (Å²) in [5.41, 5.74) is 1.71. The lowest BCUT2D eigenvalue weighted by Gasteiger charge is -2.61. The molecule has 1 aromatic heterocycles. The van der Waals surface area contributed by atoms with Crippen molar-refractivity contribution < 1.29 is 4.74 Å². The number of hydrogen-bond acceptors (Lipinski definition) is 4. The summed E-state index contributed by atoms with van der Waals surface area (Å²) in [5, 5.41) is 7.09. The van der Waals surface area contributed by atoms with Gasteiger partial charge in [0.05, 0.1) is 16.8 Å². The fraction of sp³-hybridized carbons (Fsp3) is 0.800. The van der Waals surface area contributed by atoms with Gasteiger partial charge in [0.1, 0.15) is 0 Å². The van der Waals surface area contributed by atoms with Gasteiger partial charge in [0.25, 0.3) is 0 Å². The van der Waals surface area contributed by atoms with E-state index in [9.17, 15) is 0 Å². The van der Waals surface area contributed by atoms with Crippen molar-refractivity contribution in [3.8, 4) is 0 Å². The van der Waals surface area contributed by atoms with Gasteiger partial charge in [-0.2, -0.15) is 0 Å². The molecule has 2 fully saturated rings. The number of ether oxygens (including phenoxy) is 1. The molecule has 1 aromatic rings. The van der Waals surface area contributed by atoms with E-state index in [0.717, 1.165) is 19.6 Å². The van der Waals surface area contributed by atoms with Crippen LogP contribution >= 0.6 is 11.3 Å². The van der Waals surface area contributed by atoms with Crippen LogP contribution in [0.4, 0.5) is 0 Å². The molecule has 2 atom stereocenters. The van der Waals surface area contributed by atoms with Crippen molar-refractivity contribution in [3.63, 3.8) is 0 Å². The highest BCUT2D eigenvalue weighted by Crippen LogP contribution is 2.57. The summed E-state index contributed by atoms with van der Waals surface area (Å²) in [6.45, 7) is 6.09. The van der Waals surface area contributed by atoms with Gasteiger partial charge in [-0.25, -0.2) is 4.98 Å². The van der Waals surface area contributed by atoms with Crippen molar-refractivity contribution in [1.82, 2.24) is 10.3 Å². The van der Waals surface area contributed by atoms with Crippen LogP contribution in [0.1, 0.15) is 43.3 Å². The summed E-state index contributed by atoms with van der Waals surface area (Å²) in [5.74, 6) is 0. The van der Waals surface area contributed by atoms with Gasteiger partial charge in [0.15, 0.2) is 0 Å². The number of rotatable bonds is 6. The van der Waals surface area contributed by atoms with Gasteiger partial charge < -0.3 is 10.1 Å². The van der Waals surface area contributed by atoms with Gasteiger partial charge in [0, 0.05) is 36.4 Å². The summed E-state index contributed by atoms with van der Waals surface area (Å²) < 4.78 is 5.88. The molecule has 0 aliphatic heterocycles. The lowest BCUT2D eigenvalue weighted by Crippen LogP contribution is -2.67. The smallest absolute Gasteiger partial charge is 0.0897 e. The number of aryl methyl sites for hydroxylation is 1. The van der Waals surface area contributed by atoms with E-state index in [2.05, 4.69) is 29.5 Å². The van der Waals surface area contributed by atoms with Crippen LogP contribution in [0, 0.1) is 12.3 Å². The Hall–Kier alpha value is -0.450. The molecule has 3 rings (SSSR count). The molecule has 2 aliphatic carbocycles. The van der Waals surface area contributed by atoms with Crippen molar-refractivity contribution >= 4 is 11.3 Å². The minimum absolute atomic E-state index is 0.480. The van der Waals surface area contributed by atoms with Gasteiger partial charge in [-0.05, 0) is 33.1 Å². The first-order valence-corrected chi connectivity index (χ1v) is 8.38. The molecule has 106 valence electrons. The first-order chi connectivity index (χ1) is 9.24. The molecule has 1 N–H and O–H groups in total. The molecule has 0 bridgehead atoms. The highest BCUT2D eigenvalue weighted by atomic mass is 32.1. The Morgan fingerprint density at radius 3 is 2.95 bits per heavy atom. The minimum atomic E-state index is 0.480. The summed E-state index contributed by atoms with van der Waals surface area (Å²) >= 11 is 1.75. The summed E-state index contributed by atoms with van der Waals surface area (Å²) in [6, 6.07) is 0.678. The van der Waals surface area contributed by atoms with Crippen LogP contribution in [-0.4, -0.2) is 30.3 Å². The molecule has 3 nitrogen and oxygen atoms in total. The quantitative estimate of drug-likeness (QED) is 0.870. The summed E-state index contributed by atoms with van der Waals surface area (Å²) in [4.78, 5) is 4.52. The lowest BCUT2D eigenvalue weighted by atomic mass is 9.51. The molecule has 1 heterocycles. The van der Waals surface area contributed by atoms with E-state index < -0.39 is 0 Å². The molecule has 2 aliphatic rings. The monoisotopic (exact) mass is 280 g/mol. The Labute approximate surface area is 119 Å². The lowest BCUT2D eigenvalue weighted by molar-refractivity contribution is -0.172. The first-order valence-electron chi connectivity index (χ1n) is 7.50. The van der Waals surface area contributed by atoms with Crippen LogP contribution in [0.5, 0.6) is 0 Å². The van der Waals surface area contributed by atoms with Crippen LogP contribution in [0.3, 0.4) is 0 Å². The number of aromatic nitrogens is 1. The maximum Gasteiger partial charge on any atom is 0.0897 e. The minimum Gasteiger partial charge on any atom is -0.378 e. The van der Waals surface area contributed by atoms with E-state index in [-0.39, 0.29) is 0 Å². The molecular weight excluding hydrogens is 256 g/mol. The number of nitrogens with one attached hydrogen (secondary N) is 1. The van der Waals surface area contributed by atoms with Crippen molar-refractivity contribution in [1.29, 1.82) is 0 Å². The molecule has 1 spiro atoms. The Morgan fingerprint density at radius 2 is 2.37 bits per heavy atom. The Kier molecular flexibility index (Phi) is 3.92. The molecule has 0 saturated heterocycles. The van der Waals surface area contributed by atoms with E-state index in [4.69, 9.17) is 4.74 Å². The predicted molar refractivity (Wildman–Crippen MR) is 78.7 cm³/mol. The van der Waals surface area contributed by atoms with Crippen molar-refractivity contribution in [3.05, 3.63) is 16.1 Å². The van der Waals surface area contributed by atoms with Crippen LogP contribution in [0.2, 0.25) is 0 Å². The standard InChI is InChI=1S/C15H24N2OS/c1-3-18-14-9-13(15(14)6-4-7-15)16-8-5-12-10-19-11(2)17-12/h10,13-14,16H,3-9H2,1-2H3. The SMILES string of the molecule is CCOC1CC(NCCc2csc(C)n2)C12CCC2. The normalized spacial score (nSPS) is 28.1. The third kappa shape index (κ3) is 2.46. The van der Waals surface area contributed by atoms with Gasteiger partial charge >= 0.3 is 0 Å². The Balaban J connectivity index is 1.46. The van der Waals surface area contributed by atoms with Crippen molar-refractivity contribution in [2.75, 3.05) is 13.2 Å². The van der Waals surface area contributed by atoms with Crippen molar-refractivity contribution in [2.45, 2.75) is 58.1 Å². The molecule has 2 unspecified atom stereocenters. The topological polar surface area (TPSA) is 34.1 Å². The fourth-order valence-corrected chi connectivity index (χ4v) is 4.27. The Bertz CT molecular complexity index is 428. The number of thiazole rings is 1. The van der Waals surface area contributed by atoms with E-state index in [1.54, 1.807) is 11.3 Å². The molecule has 4 heteroatoms. The predicted octanol–water partition coefficient (Wildman–Crippen LogP) is 2.93. The van der Waals surface area contributed by atoms with Gasteiger partial charge in [-0.3, -0.25) is 0 Å². The van der Waals surface area contributed by atoms with Crippen molar-refractivity contribution in [2.24, 2.45) is 5.41 Å². The zero-order valence-corrected chi connectivity index (χ0v) is 12.8. The molecular formula is C15H24N2OS. The van der Waals surface area contributed by atoms with Crippen LogP contribution < -0.4 is 5.32 Å². The second-order valence-corrected chi connectivity index (χ2v) is 6.94. The zero-order valence-electron chi connectivity index (χ0n) is 11.9. The number of nitrogens with zero attached hydrogens (tertiary/aromatic N) is 1. The van der Waals surface area contributed by atoms with Gasteiger partial charge in [-0.1, -0.05) is 6.42 Å². The van der Waals surface area contributed by atoms with Crippen LogP contribution in [0.15, 0.2) is 5.38 Å². The third-order valence-electron chi connectivity index (χ3n) is 4.88. The van der Waals surface area contributed by atoms with E-state index >= 15 is 0 Å². The van der Waals surface area contributed by atoms with Crippen LogP contribution in [-0.2, 0) is 11.2 Å². The largest absolute Gasteiger partial charge is 0.378 e. The zero-order chi connectivity index (χ0) is 13.3. The third-order valence-corrected chi connectivity index (χ3v) is 5.70. The second-order valence-electron chi connectivity index (χ2n) is 5.88. The van der Waals surface area contributed by atoms with Crippen LogP contribution in [0.25, 0.3) is 0 Å². The van der Waals surface area contributed by atoms with E-state index in [1.165, 1.54) is 36.4 Å². The molecule has 0 radical (unpaired) electrons. The molecule has 19 heavy (non-hydrogen) atoms. The fourth-order valence-electron chi connectivity index (χ4n) is 3.62. The van der Waals surface area contributed by atoms with Gasteiger partial charge in [0.2, 0.25) is 0 Å². The maximum absolute atomic E-state index is 5.88. The molecule has 0 amide bonds. The van der Waals surface area contributed by atoms with Gasteiger partial charge in [-0.15, -0.1) is 11.3 Å². The molecule has 2 saturated carbocycles. The summed E-state index contributed by atoms with van der Waals surface area (Å²) in [7, 11) is 0. The highest BCUT2D eigenvalue weighted by molar-refractivity contribution is 7.09. The maximum atomic E-state index is 5.88. The highest BCUT2D eigenvalue weighted by Gasteiger charge is 2.58. The average Bonchev–Trinajstić information content (AvgIpc) is 2.70. The first kappa shape index (κ1) is 13.5. The van der Waals surface area contributed by atoms with E-state index in [1.807, 2.05) is 0 Å². The molecule has 0 aromatic carbocycles. The summed E-state index contributed by atoms with van der Waals surface area (Å²) in [6.07, 6.45) is 6.86. The van der Waals surface area contributed by atoms with E-state index in [0.29, 0.717) is 17.6 Å². The average molecular weight is 280 g/mol.